The molecule has 0 aromatic heterocycles. The Kier molecular flexibility index (Phi) is 48.3. The van der Waals surface area contributed by atoms with E-state index in [1.807, 2.05) is 0 Å². The van der Waals surface area contributed by atoms with E-state index in [4.69, 9.17) is 42.2 Å². The maximum Gasteiger partial charge on any atom is 0.472 e. The van der Waals surface area contributed by atoms with Crippen molar-refractivity contribution < 1.29 is 95.5 Å². The molecule has 0 aromatic rings. The van der Waals surface area contributed by atoms with Crippen LogP contribution in [0.25, 0.3) is 0 Å². The molecule has 7 N–H and O–H groups in total. The van der Waals surface area contributed by atoms with Crippen molar-refractivity contribution in [1.29, 1.82) is 0 Å². The number of carbonyl (C=O) groups is 3. The Bertz CT molecular complexity index is 1870. The average molecular weight is 1300 g/mol. The molecule has 88 heavy (non-hydrogen) atoms. The predicted octanol–water partition coefficient (Wildman–Crippen LogP) is 13.4. The molecule has 2 heterocycles. The number of hydrogen-bond donors (Lipinski definition) is 7. The maximum atomic E-state index is 13.9. The Hall–Kier alpha value is -1.75. The van der Waals surface area contributed by atoms with Crippen molar-refractivity contribution in [3.8, 4) is 0 Å². The van der Waals surface area contributed by atoms with Crippen molar-refractivity contribution in [2.75, 3.05) is 33.5 Å². The number of methoxy groups -OCH3 is 1. The van der Waals surface area contributed by atoms with Crippen molar-refractivity contribution in [2.45, 2.75) is 352 Å². The van der Waals surface area contributed by atoms with Crippen molar-refractivity contribution in [3.63, 3.8) is 0 Å². The second-order valence-electron chi connectivity index (χ2n) is 24.4. The molecular weight excluding hydrogens is 1180 g/mol. The number of unbranched alkanes of at least 4 members (excludes halogenated alkanes) is 30. The topological polar surface area (TPSA) is 302 Å². The van der Waals surface area contributed by atoms with Crippen LogP contribution in [0.3, 0.4) is 0 Å². The first-order valence-electron chi connectivity index (χ1n) is 34.5. The highest BCUT2D eigenvalue weighted by Gasteiger charge is 2.54. The lowest BCUT2D eigenvalue weighted by Crippen LogP contribution is -2.66. The molecule has 21 nitrogen and oxygen atoms in total. The summed E-state index contributed by atoms with van der Waals surface area (Å²) in [6.45, 7) is 7.09. The molecular formula is C65H123NO20P2. The van der Waals surface area contributed by atoms with Crippen LogP contribution < -0.4 is 5.32 Å². The molecule has 23 heteroatoms. The molecule has 2 aliphatic rings. The summed E-state index contributed by atoms with van der Waals surface area (Å²) in [5.41, 5.74) is 0. The number of nitrogens with one attached hydrogen (secondary N) is 1. The highest BCUT2D eigenvalue weighted by molar-refractivity contribution is 7.46. The van der Waals surface area contributed by atoms with Gasteiger partial charge in [-0.2, -0.15) is 0 Å². The van der Waals surface area contributed by atoms with Crippen LogP contribution in [0, 0.1) is 0 Å². The fraction of sp³-hybridized carbons (Fsp3) is 0.923. The molecule has 0 bridgehead atoms. The molecule has 518 valence electrons. The van der Waals surface area contributed by atoms with Gasteiger partial charge in [-0.15, -0.1) is 0 Å². The quantitative estimate of drug-likeness (QED) is 0.00978. The number of amides is 1. The van der Waals surface area contributed by atoms with Crippen molar-refractivity contribution in [1.82, 2.24) is 5.32 Å². The van der Waals surface area contributed by atoms with Crippen LogP contribution in [0.5, 0.6) is 0 Å². The minimum atomic E-state index is -5.41. The molecule has 0 aromatic carbocycles. The Morgan fingerprint density at radius 1 is 0.511 bits per heavy atom. The molecule has 0 saturated carbocycles. The largest absolute Gasteiger partial charge is 0.472 e. The second kappa shape index (κ2) is 51.6. The van der Waals surface area contributed by atoms with E-state index in [1.54, 1.807) is 7.11 Å². The smallest absolute Gasteiger partial charge is 0.454 e. The Morgan fingerprint density at radius 3 is 1.50 bits per heavy atom. The average Bonchev–Trinajstić information content (AvgIpc) is 3.35. The van der Waals surface area contributed by atoms with Gasteiger partial charge >= 0.3 is 21.6 Å². The lowest BCUT2D eigenvalue weighted by atomic mass is 9.96. The number of hydrogen-bond acceptors (Lipinski definition) is 16. The standard InChI is InChI=1S/C65H123NO20P2/c1-6-10-14-18-21-24-25-26-27-28-29-31-33-37-41-45-57(70)84-63-62(80-48-46-53(78-5)44-40-35-17-13-9-4)60(85-87(72,73)74)54(50-67)82-65(63)81-51-55-59(71)61(79-47-42-38-34-23-20-16-12-8-3)58(64(83-55)86-88(75,76)77)66-56(69)49-52(68)43-39-36-32-30-22-19-15-11-7-2/h24-25,53-55,58-65,67,71H,6-23,26-51H2,1-5H3,(H,66,69)(H2,72,73,74)(H2,75,76,77)/b25-24-/t53-,54-,55-,58-,59-,60-,61-,62+,63-,64-,65-/m1/s1. The Balaban J connectivity index is 2.42. The summed E-state index contributed by atoms with van der Waals surface area (Å²) in [5.74, 6) is -1.84. The zero-order chi connectivity index (χ0) is 64.7. The molecule has 0 unspecified atom stereocenters. The van der Waals surface area contributed by atoms with Gasteiger partial charge in [-0.1, -0.05) is 220 Å². The van der Waals surface area contributed by atoms with Gasteiger partial charge in [0, 0.05) is 33.2 Å². The summed E-state index contributed by atoms with van der Waals surface area (Å²) in [4.78, 5) is 81.5. The number of aliphatic hydroxyl groups excluding tert-OH is 2. The van der Waals surface area contributed by atoms with E-state index in [0.29, 0.717) is 32.1 Å². The Labute approximate surface area is 529 Å². The van der Waals surface area contributed by atoms with E-state index >= 15 is 0 Å². The van der Waals surface area contributed by atoms with Gasteiger partial charge in [-0.05, 0) is 57.8 Å². The molecule has 1 amide bonds. The number of carbonyl (C=O) groups excluding carboxylic acids is 3. The summed E-state index contributed by atoms with van der Waals surface area (Å²) < 4.78 is 78.7. The SMILES string of the molecule is CCCCCC/C=C\CCCCCCCCCC(=O)O[C@H]1[C@H](OC[C@H]2O[C@H](OP(=O)(O)O)[C@H](NC(=O)CC(=O)CCCCCCCCCCC)[C@@H](OCCCCCCCCCC)[C@@H]2O)O[C@H](CO)[C@@H](OP(=O)(O)O)[C@@H]1OCC[C@@H](CCCCCCC)OC. The van der Waals surface area contributed by atoms with Gasteiger partial charge in [0.25, 0.3) is 0 Å². The van der Waals surface area contributed by atoms with Gasteiger partial charge in [-0.3, -0.25) is 23.4 Å². The van der Waals surface area contributed by atoms with Crippen LogP contribution in [-0.4, -0.2) is 148 Å². The summed E-state index contributed by atoms with van der Waals surface area (Å²) in [7, 11) is -9.17. The lowest BCUT2D eigenvalue weighted by Gasteiger charge is -2.46. The van der Waals surface area contributed by atoms with Crippen LogP contribution in [0.15, 0.2) is 12.2 Å². The first-order chi connectivity index (χ1) is 42.4. The number of esters is 1. The first kappa shape index (κ1) is 82.3. The van der Waals surface area contributed by atoms with Gasteiger partial charge in [0.15, 0.2) is 18.7 Å². The first-order valence-corrected chi connectivity index (χ1v) is 37.6. The molecule has 0 spiro atoms. The normalized spacial score (nSPS) is 23.0. The van der Waals surface area contributed by atoms with Crippen LogP contribution in [-0.2, 0) is 65.7 Å². The number of ether oxygens (including phenoxy) is 7. The van der Waals surface area contributed by atoms with Gasteiger partial charge in [0.1, 0.15) is 48.4 Å². The molecule has 2 fully saturated rings. The lowest BCUT2D eigenvalue weighted by molar-refractivity contribution is -0.323. The van der Waals surface area contributed by atoms with E-state index in [0.717, 1.165) is 154 Å². The molecule has 0 aliphatic carbocycles. The number of ketones is 1. The predicted molar refractivity (Wildman–Crippen MR) is 340 cm³/mol. The molecule has 2 saturated heterocycles. The highest BCUT2D eigenvalue weighted by atomic mass is 31.2. The van der Waals surface area contributed by atoms with Crippen molar-refractivity contribution >= 4 is 33.3 Å². The second-order valence-corrected chi connectivity index (χ2v) is 26.8. The third-order valence-electron chi connectivity index (χ3n) is 16.5. The van der Waals surface area contributed by atoms with Gasteiger partial charge in [0.2, 0.25) is 5.91 Å². The number of phosphoric acid groups is 2. The zero-order valence-electron chi connectivity index (χ0n) is 54.9. The summed E-state index contributed by atoms with van der Waals surface area (Å²) in [6.07, 6.45) is 26.0. The van der Waals surface area contributed by atoms with Crippen molar-refractivity contribution in [2.24, 2.45) is 0 Å². The van der Waals surface area contributed by atoms with E-state index in [2.05, 4.69) is 45.2 Å². The van der Waals surface area contributed by atoms with E-state index < -0.39 is 109 Å². The van der Waals surface area contributed by atoms with E-state index in [-0.39, 0.29) is 37.9 Å². The van der Waals surface area contributed by atoms with Crippen LogP contribution >= 0.6 is 15.6 Å². The zero-order valence-corrected chi connectivity index (χ0v) is 56.7. The molecule has 2 aliphatic heterocycles. The van der Waals surface area contributed by atoms with Gasteiger partial charge < -0.3 is 68.3 Å². The fourth-order valence-electron chi connectivity index (χ4n) is 11.4. The minimum Gasteiger partial charge on any atom is -0.454 e. The monoisotopic (exact) mass is 1300 g/mol. The highest BCUT2D eigenvalue weighted by Crippen LogP contribution is 2.44. The third kappa shape index (κ3) is 39.7. The summed E-state index contributed by atoms with van der Waals surface area (Å²) in [5, 5.41) is 25.5. The van der Waals surface area contributed by atoms with E-state index in [1.165, 1.54) is 51.4 Å². The summed E-state index contributed by atoms with van der Waals surface area (Å²) >= 11 is 0. The minimum absolute atomic E-state index is 0.0438. The van der Waals surface area contributed by atoms with Crippen LogP contribution in [0.2, 0.25) is 0 Å². The summed E-state index contributed by atoms with van der Waals surface area (Å²) in [6, 6.07) is -1.55. The number of allylic oxidation sites excluding steroid dienone is 2. The molecule has 0 radical (unpaired) electrons. The Morgan fingerprint density at radius 2 is 0.977 bits per heavy atom. The maximum absolute atomic E-state index is 13.9. The fourth-order valence-corrected chi connectivity index (χ4v) is 12.4. The number of rotatable bonds is 58. The number of phosphoric ester groups is 2. The molecule has 2 rings (SSSR count). The number of Topliss-reactive ketones (excluding diaryl/α,β-unsaturated/α-hetero) is 1. The van der Waals surface area contributed by atoms with Crippen LogP contribution in [0.4, 0.5) is 0 Å². The third-order valence-corrected chi connectivity index (χ3v) is 17.5. The van der Waals surface area contributed by atoms with Crippen molar-refractivity contribution in [3.05, 3.63) is 12.2 Å². The van der Waals surface area contributed by atoms with E-state index in [9.17, 15) is 53.3 Å². The van der Waals surface area contributed by atoms with Gasteiger partial charge in [0.05, 0.1) is 25.7 Å². The molecule has 11 atom stereocenters. The number of aliphatic hydroxyl groups is 2. The van der Waals surface area contributed by atoms with Gasteiger partial charge in [-0.25, -0.2) is 9.13 Å². The van der Waals surface area contributed by atoms with Crippen LogP contribution in [0.1, 0.15) is 285 Å².